The zero-order valence-electron chi connectivity index (χ0n) is 13.6. The third-order valence-electron chi connectivity index (χ3n) is 3.75. The maximum atomic E-state index is 12.6. The van der Waals surface area contributed by atoms with Crippen LogP contribution in [0.5, 0.6) is 0 Å². The molecule has 1 N–H and O–H groups in total. The second kappa shape index (κ2) is 7.94. The number of methoxy groups -OCH3 is 1. The SMILES string of the molecule is COCCNC(=O)C(C(C)C)N1CCN=C1c1ccccc1. The largest absolute Gasteiger partial charge is 0.383 e. The van der Waals surface area contributed by atoms with Crippen molar-refractivity contribution >= 4 is 11.7 Å². The standard InChI is InChI=1S/C17H25N3O2/c1-13(2)15(17(21)19-10-12-22-3)20-11-9-18-16(20)14-7-5-4-6-8-14/h4-8,13,15H,9-12H2,1-3H3,(H,19,21). The maximum Gasteiger partial charge on any atom is 0.243 e. The van der Waals surface area contributed by atoms with Crippen LogP contribution in [0.2, 0.25) is 0 Å². The van der Waals surface area contributed by atoms with Crippen LogP contribution < -0.4 is 5.32 Å². The summed E-state index contributed by atoms with van der Waals surface area (Å²) in [6, 6.07) is 9.85. The van der Waals surface area contributed by atoms with Crippen LogP contribution in [0.3, 0.4) is 0 Å². The fourth-order valence-electron chi connectivity index (χ4n) is 2.76. The zero-order chi connectivity index (χ0) is 15.9. The summed E-state index contributed by atoms with van der Waals surface area (Å²) < 4.78 is 5.00. The average Bonchev–Trinajstić information content (AvgIpc) is 2.97. The highest BCUT2D eigenvalue weighted by Gasteiger charge is 2.33. The molecule has 1 aliphatic rings. The molecule has 0 fully saturated rings. The van der Waals surface area contributed by atoms with Crippen LogP contribution in [0.1, 0.15) is 19.4 Å². The van der Waals surface area contributed by atoms with E-state index in [4.69, 9.17) is 4.74 Å². The summed E-state index contributed by atoms with van der Waals surface area (Å²) in [5, 5.41) is 2.95. The van der Waals surface area contributed by atoms with Gasteiger partial charge in [-0.25, -0.2) is 0 Å². The molecule has 1 aromatic rings. The van der Waals surface area contributed by atoms with Crippen LogP contribution in [-0.2, 0) is 9.53 Å². The fraction of sp³-hybridized carbons (Fsp3) is 0.529. The molecule has 2 rings (SSSR count). The molecule has 1 heterocycles. The first kappa shape index (κ1) is 16.5. The number of rotatable bonds is 7. The first-order valence-electron chi connectivity index (χ1n) is 7.78. The van der Waals surface area contributed by atoms with Gasteiger partial charge < -0.3 is 15.0 Å². The van der Waals surface area contributed by atoms with E-state index in [9.17, 15) is 4.79 Å². The Morgan fingerprint density at radius 2 is 2.09 bits per heavy atom. The molecule has 0 radical (unpaired) electrons. The van der Waals surface area contributed by atoms with Gasteiger partial charge in [-0.1, -0.05) is 44.2 Å². The molecule has 1 aliphatic heterocycles. The van der Waals surface area contributed by atoms with E-state index in [0.29, 0.717) is 13.2 Å². The minimum Gasteiger partial charge on any atom is -0.383 e. The second-order valence-corrected chi connectivity index (χ2v) is 5.74. The minimum atomic E-state index is -0.210. The Morgan fingerprint density at radius 1 is 1.36 bits per heavy atom. The third kappa shape index (κ3) is 3.85. The van der Waals surface area contributed by atoms with Crippen LogP contribution in [0.25, 0.3) is 0 Å². The average molecular weight is 303 g/mol. The minimum absolute atomic E-state index is 0.0394. The van der Waals surface area contributed by atoms with Gasteiger partial charge in [0.05, 0.1) is 13.2 Å². The Balaban J connectivity index is 2.14. The number of nitrogens with one attached hydrogen (secondary N) is 1. The van der Waals surface area contributed by atoms with Gasteiger partial charge in [-0.05, 0) is 5.92 Å². The summed E-state index contributed by atoms with van der Waals surface area (Å²) in [7, 11) is 1.63. The van der Waals surface area contributed by atoms with Crippen molar-refractivity contribution < 1.29 is 9.53 Å². The lowest BCUT2D eigenvalue weighted by molar-refractivity contribution is -0.126. The van der Waals surface area contributed by atoms with Crippen molar-refractivity contribution in [3.8, 4) is 0 Å². The van der Waals surface area contributed by atoms with Crippen molar-refractivity contribution in [2.24, 2.45) is 10.9 Å². The normalized spacial score (nSPS) is 15.8. The predicted molar refractivity (Wildman–Crippen MR) is 88.1 cm³/mol. The number of hydrogen-bond acceptors (Lipinski definition) is 4. The molecule has 0 bridgehead atoms. The highest BCUT2D eigenvalue weighted by molar-refractivity contribution is 6.02. The molecule has 22 heavy (non-hydrogen) atoms. The molecule has 0 aliphatic carbocycles. The summed E-state index contributed by atoms with van der Waals surface area (Å²) in [5.74, 6) is 1.16. The Kier molecular flexibility index (Phi) is 5.95. The van der Waals surface area contributed by atoms with Crippen molar-refractivity contribution in [3.63, 3.8) is 0 Å². The van der Waals surface area contributed by atoms with Gasteiger partial charge >= 0.3 is 0 Å². The predicted octanol–water partition coefficient (Wildman–Crippen LogP) is 1.54. The van der Waals surface area contributed by atoms with Crippen LogP contribution in [0.15, 0.2) is 35.3 Å². The summed E-state index contributed by atoms with van der Waals surface area (Å²) in [5.41, 5.74) is 1.07. The number of amides is 1. The van der Waals surface area contributed by atoms with Crippen molar-refractivity contribution in [3.05, 3.63) is 35.9 Å². The van der Waals surface area contributed by atoms with Crippen LogP contribution in [-0.4, -0.2) is 56.0 Å². The maximum absolute atomic E-state index is 12.6. The quantitative estimate of drug-likeness (QED) is 0.777. The summed E-state index contributed by atoms with van der Waals surface area (Å²) in [4.78, 5) is 19.3. The van der Waals surface area contributed by atoms with Gasteiger partial charge in [0.1, 0.15) is 11.9 Å². The molecule has 120 valence electrons. The van der Waals surface area contributed by atoms with Crippen molar-refractivity contribution in [2.75, 3.05) is 33.4 Å². The summed E-state index contributed by atoms with van der Waals surface area (Å²) in [6.45, 7) is 6.72. The van der Waals surface area contributed by atoms with Crippen molar-refractivity contribution in [1.29, 1.82) is 0 Å². The van der Waals surface area contributed by atoms with E-state index in [0.717, 1.165) is 24.5 Å². The molecule has 1 amide bonds. The van der Waals surface area contributed by atoms with Gasteiger partial charge in [0, 0.05) is 25.8 Å². The van der Waals surface area contributed by atoms with Crippen LogP contribution >= 0.6 is 0 Å². The summed E-state index contributed by atoms with van der Waals surface area (Å²) in [6.07, 6.45) is 0. The molecular formula is C17H25N3O2. The number of ether oxygens (including phenoxy) is 1. The Hall–Kier alpha value is -1.88. The molecule has 0 spiro atoms. The van der Waals surface area contributed by atoms with E-state index in [2.05, 4.69) is 29.1 Å². The highest BCUT2D eigenvalue weighted by atomic mass is 16.5. The number of benzene rings is 1. The van der Waals surface area contributed by atoms with Crippen LogP contribution in [0, 0.1) is 5.92 Å². The molecule has 1 atom stereocenters. The molecular weight excluding hydrogens is 278 g/mol. The second-order valence-electron chi connectivity index (χ2n) is 5.74. The highest BCUT2D eigenvalue weighted by Crippen LogP contribution is 2.19. The van der Waals surface area contributed by atoms with Crippen LogP contribution in [0.4, 0.5) is 0 Å². The number of amidine groups is 1. The van der Waals surface area contributed by atoms with Gasteiger partial charge in [0.15, 0.2) is 0 Å². The number of aliphatic imine (C=N–C) groups is 1. The van der Waals surface area contributed by atoms with Crippen molar-refractivity contribution in [1.82, 2.24) is 10.2 Å². The van der Waals surface area contributed by atoms with Gasteiger partial charge in [0.25, 0.3) is 0 Å². The Labute approximate surface area is 132 Å². The number of hydrogen-bond donors (Lipinski definition) is 1. The fourth-order valence-corrected chi connectivity index (χ4v) is 2.76. The summed E-state index contributed by atoms with van der Waals surface area (Å²) >= 11 is 0. The molecule has 0 aromatic heterocycles. The van der Waals surface area contributed by atoms with E-state index < -0.39 is 0 Å². The number of nitrogens with zero attached hydrogens (tertiary/aromatic N) is 2. The Bertz CT molecular complexity index is 514. The first-order chi connectivity index (χ1) is 10.6. The molecule has 0 saturated carbocycles. The monoisotopic (exact) mass is 303 g/mol. The molecule has 1 unspecified atom stereocenters. The van der Waals surface area contributed by atoms with E-state index >= 15 is 0 Å². The molecule has 0 saturated heterocycles. The van der Waals surface area contributed by atoms with Gasteiger partial charge in [0.2, 0.25) is 5.91 Å². The third-order valence-corrected chi connectivity index (χ3v) is 3.75. The molecule has 5 nitrogen and oxygen atoms in total. The zero-order valence-corrected chi connectivity index (χ0v) is 13.6. The smallest absolute Gasteiger partial charge is 0.243 e. The molecule has 5 heteroatoms. The number of carbonyl (C=O) groups excluding carboxylic acids is 1. The van der Waals surface area contributed by atoms with E-state index in [1.807, 2.05) is 30.3 Å². The van der Waals surface area contributed by atoms with Gasteiger partial charge in [-0.15, -0.1) is 0 Å². The lowest BCUT2D eigenvalue weighted by atomic mass is 10.0. The van der Waals surface area contributed by atoms with Crippen molar-refractivity contribution in [2.45, 2.75) is 19.9 Å². The lowest BCUT2D eigenvalue weighted by Crippen LogP contribution is -2.51. The topological polar surface area (TPSA) is 53.9 Å². The first-order valence-corrected chi connectivity index (χ1v) is 7.78. The van der Waals surface area contributed by atoms with E-state index in [1.54, 1.807) is 7.11 Å². The van der Waals surface area contributed by atoms with E-state index in [1.165, 1.54) is 0 Å². The molecule has 1 aromatic carbocycles. The van der Waals surface area contributed by atoms with Gasteiger partial charge in [-0.2, -0.15) is 0 Å². The number of carbonyl (C=O) groups is 1. The van der Waals surface area contributed by atoms with Gasteiger partial charge in [-0.3, -0.25) is 9.79 Å². The Morgan fingerprint density at radius 3 is 2.73 bits per heavy atom. The lowest BCUT2D eigenvalue weighted by Gasteiger charge is -2.32. The van der Waals surface area contributed by atoms with E-state index in [-0.39, 0.29) is 17.9 Å².